The quantitative estimate of drug-likeness (QED) is 0.767. The van der Waals surface area contributed by atoms with Gasteiger partial charge in [-0.25, -0.2) is 4.68 Å². The van der Waals surface area contributed by atoms with Crippen LogP contribution in [-0.2, 0) is 0 Å². The summed E-state index contributed by atoms with van der Waals surface area (Å²) in [6.45, 7) is 6.69. The van der Waals surface area contributed by atoms with Gasteiger partial charge in [-0.1, -0.05) is 0 Å². The first-order valence-electron chi connectivity index (χ1n) is 5.21. The van der Waals surface area contributed by atoms with Gasteiger partial charge in [0.1, 0.15) is 5.82 Å². The molecule has 2 rings (SSSR count). The maximum absolute atomic E-state index is 5.82. The van der Waals surface area contributed by atoms with Gasteiger partial charge < -0.3 is 5.73 Å². The summed E-state index contributed by atoms with van der Waals surface area (Å²) in [5.74, 6) is 0.778. The monoisotopic (exact) mass is 194 g/mol. The molecule has 0 saturated carbocycles. The molecule has 0 spiro atoms. The lowest BCUT2D eigenvalue weighted by atomic mass is 10.3. The topological polar surface area (TPSA) is 47.1 Å². The maximum Gasteiger partial charge on any atom is 0.122 e. The number of likely N-dealkylation sites (tertiary alicyclic amines) is 1. The fourth-order valence-corrected chi connectivity index (χ4v) is 2.07. The van der Waals surface area contributed by atoms with E-state index >= 15 is 0 Å². The van der Waals surface area contributed by atoms with Crippen LogP contribution in [-0.4, -0.2) is 33.8 Å². The van der Waals surface area contributed by atoms with Gasteiger partial charge in [-0.15, -0.1) is 0 Å². The van der Waals surface area contributed by atoms with E-state index in [1.807, 2.05) is 10.7 Å². The Hall–Kier alpha value is -1.03. The van der Waals surface area contributed by atoms with Crippen LogP contribution in [0.2, 0.25) is 0 Å². The molecule has 78 valence electrons. The van der Waals surface area contributed by atoms with Crippen LogP contribution in [0.1, 0.15) is 26.3 Å². The van der Waals surface area contributed by atoms with E-state index in [1.54, 1.807) is 6.20 Å². The fraction of sp³-hybridized carbons (Fsp3) is 0.700. The van der Waals surface area contributed by atoms with Gasteiger partial charge in [-0.2, -0.15) is 5.10 Å². The van der Waals surface area contributed by atoms with Crippen molar-refractivity contribution in [1.82, 2.24) is 14.7 Å². The second kappa shape index (κ2) is 3.61. The number of nitrogen functional groups attached to an aromatic ring is 1. The van der Waals surface area contributed by atoms with Crippen molar-refractivity contribution >= 4 is 5.82 Å². The molecule has 1 unspecified atom stereocenters. The molecule has 0 amide bonds. The summed E-state index contributed by atoms with van der Waals surface area (Å²) in [5, 5.41) is 4.26. The number of hydrogen-bond acceptors (Lipinski definition) is 3. The van der Waals surface area contributed by atoms with Gasteiger partial charge in [0.2, 0.25) is 0 Å². The van der Waals surface area contributed by atoms with Crippen LogP contribution in [0.25, 0.3) is 0 Å². The zero-order valence-electron chi connectivity index (χ0n) is 8.85. The van der Waals surface area contributed by atoms with Crippen LogP contribution in [0.15, 0.2) is 12.3 Å². The summed E-state index contributed by atoms with van der Waals surface area (Å²) < 4.78 is 1.95. The molecule has 1 saturated heterocycles. The van der Waals surface area contributed by atoms with E-state index in [0.717, 1.165) is 25.3 Å². The Labute approximate surface area is 84.7 Å². The van der Waals surface area contributed by atoms with Crippen molar-refractivity contribution in [1.29, 1.82) is 0 Å². The third-order valence-corrected chi connectivity index (χ3v) is 2.97. The van der Waals surface area contributed by atoms with Gasteiger partial charge in [0.05, 0.1) is 12.2 Å². The highest BCUT2D eigenvalue weighted by atomic mass is 15.4. The molecule has 1 fully saturated rings. The number of nitrogens with two attached hydrogens (primary N) is 1. The van der Waals surface area contributed by atoms with Crippen molar-refractivity contribution in [3.63, 3.8) is 0 Å². The number of aromatic nitrogens is 2. The summed E-state index contributed by atoms with van der Waals surface area (Å²) in [7, 11) is 0. The summed E-state index contributed by atoms with van der Waals surface area (Å²) in [6, 6.07) is 2.95. The van der Waals surface area contributed by atoms with E-state index in [1.165, 1.54) is 0 Å². The molecule has 0 aliphatic carbocycles. The molecular formula is C10H18N4. The fourth-order valence-electron chi connectivity index (χ4n) is 2.07. The lowest BCUT2D eigenvalue weighted by Crippen LogP contribution is -2.29. The second-order valence-electron chi connectivity index (χ2n) is 4.23. The molecule has 0 bridgehead atoms. The van der Waals surface area contributed by atoms with Crippen molar-refractivity contribution < 1.29 is 0 Å². The van der Waals surface area contributed by atoms with Crippen LogP contribution in [0.5, 0.6) is 0 Å². The first-order chi connectivity index (χ1) is 6.68. The van der Waals surface area contributed by atoms with E-state index in [4.69, 9.17) is 5.73 Å². The molecular weight excluding hydrogens is 176 g/mol. The molecule has 1 aromatic rings. The van der Waals surface area contributed by atoms with Gasteiger partial charge in [0, 0.05) is 19.1 Å². The van der Waals surface area contributed by atoms with Gasteiger partial charge in [0.15, 0.2) is 0 Å². The van der Waals surface area contributed by atoms with Gasteiger partial charge >= 0.3 is 0 Å². The molecule has 0 aromatic carbocycles. The highest BCUT2D eigenvalue weighted by molar-refractivity contribution is 5.26. The minimum Gasteiger partial charge on any atom is -0.384 e. The highest BCUT2D eigenvalue weighted by Gasteiger charge is 2.26. The highest BCUT2D eigenvalue weighted by Crippen LogP contribution is 2.24. The average Bonchev–Trinajstić information content (AvgIpc) is 2.71. The summed E-state index contributed by atoms with van der Waals surface area (Å²) in [4.78, 5) is 2.46. The molecule has 1 aliphatic heterocycles. The van der Waals surface area contributed by atoms with Crippen LogP contribution < -0.4 is 5.73 Å². The van der Waals surface area contributed by atoms with E-state index in [0.29, 0.717) is 12.1 Å². The molecule has 1 aliphatic rings. The van der Waals surface area contributed by atoms with Gasteiger partial charge in [0.25, 0.3) is 0 Å². The Morgan fingerprint density at radius 3 is 2.86 bits per heavy atom. The van der Waals surface area contributed by atoms with Crippen LogP contribution >= 0.6 is 0 Å². The Bertz CT molecular complexity index is 305. The Morgan fingerprint density at radius 1 is 1.57 bits per heavy atom. The molecule has 1 aromatic heterocycles. The van der Waals surface area contributed by atoms with Crippen LogP contribution in [0.4, 0.5) is 5.82 Å². The van der Waals surface area contributed by atoms with Gasteiger partial charge in [-0.05, 0) is 26.3 Å². The first-order valence-corrected chi connectivity index (χ1v) is 5.21. The number of anilines is 1. The number of hydrogen-bond donors (Lipinski definition) is 1. The first kappa shape index (κ1) is 9.52. The predicted octanol–water partition coefficient (Wildman–Crippen LogP) is 1.12. The molecule has 0 radical (unpaired) electrons. The summed E-state index contributed by atoms with van der Waals surface area (Å²) in [5.41, 5.74) is 5.82. The number of nitrogens with zero attached hydrogens (tertiary/aromatic N) is 3. The molecule has 1 atom stereocenters. The molecule has 4 heteroatoms. The predicted molar refractivity (Wildman–Crippen MR) is 57.0 cm³/mol. The normalized spacial score (nSPS) is 23.5. The van der Waals surface area contributed by atoms with Crippen molar-refractivity contribution in [2.75, 3.05) is 18.8 Å². The standard InChI is InChI=1S/C10H18N4/c1-8(2)13-6-4-9(7-13)14-10(11)3-5-12-14/h3,5,8-9H,4,6-7,11H2,1-2H3. The van der Waals surface area contributed by atoms with Crippen LogP contribution in [0, 0.1) is 0 Å². The lowest BCUT2D eigenvalue weighted by molar-refractivity contribution is 0.263. The third-order valence-electron chi connectivity index (χ3n) is 2.97. The van der Waals surface area contributed by atoms with E-state index in [2.05, 4.69) is 23.8 Å². The second-order valence-corrected chi connectivity index (χ2v) is 4.23. The maximum atomic E-state index is 5.82. The molecule has 14 heavy (non-hydrogen) atoms. The minimum absolute atomic E-state index is 0.465. The molecule has 2 heterocycles. The van der Waals surface area contributed by atoms with Gasteiger partial charge in [-0.3, -0.25) is 4.90 Å². The minimum atomic E-state index is 0.465. The van der Waals surface area contributed by atoms with Crippen molar-refractivity contribution in [2.45, 2.75) is 32.4 Å². The van der Waals surface area contributed by atoms with Crippen molar-refractivity contribution in [2.24, 2.45) is 0 Å². The van der Waals surface area contributed by atoms with E-state index in [-0.39, 0.29) is 0 Å². The largest absolute Gasteiger partial charge is 0.384 e. The van der Waals surface area contributed by atoms with E-state index < -0.39 is 0 Å². The third kappa shape index (κ3) is 1.62. The van der Waals surface area contributed by atoms with Crippen LogP contribution in [0.3, 0.4) is 0 Å². The summed E-state index contributed by atoms with van der Waals surface area (Å²) in [6.07, 6.45) is 2.93. The lowest BCUT2D eigenvalue weighted by Gasteiger charge is -2.20. The zero-order valence-corrected chi connectivity index (χ0v) is 8.85. The van der Waals surface area contributed by atoms with Crippen molar-refractivity contribution in [3.05, 3.63) is 12.3 Å². The summed E-state index contributed by atoms with van der Waals surface area (Å²) >= 11 is 0. The Balaban J connectivity index is 2.06. The average molecular weight is 194 g/mol. The van der Waals surface area contributed by atoms with Crippen molar-refractivity contribution in [3.8, 4) is 0 Å². The molecule has 2 N–H and O–H groups in total. The Kier molecular flexibility index (Phi) is 2.46. The number of rotatable bonds is 2. The smallest absolute Gasteiger partial charge is 0.122 e. The zero-order chi connectivity index (χ0) is 10.1. The SMILES string of the molecule is CC(C)N1CCC(n2nccc2N)C1. The Morgan fingerprint density at radius 2 is 2.36 bits per heavy atom. The van der Waals surface area contributed by atoms with E-state index in [9.17, 15) is 0 Å². The molecule has 4 nitrogen and oxygen atoms in total.